The number of rotatable bonds is 8. The molecule has 0 spiro atoms. The van der Waals surface area contributed by atoms with Gasteiger partial charge in [-0.1, -0.05) is 44.5 Å². The molecule has 0 aliphatic carbocycles. The van der Waals surface area contributed by atoms with Crippen molar-refractivity contribution in [2.75, 3.05) is 13.1 Å². The zero-order valence-corrected chi connectivity index (χ0v) is 14.8. The third-order valence-corrected chi connectivity index (χ3v) is 4.23. The molecule has 0 aliphatic heterocycles. The van der Waals surface area contributed by atoms with Crippen molar-refractivity contribution < 1.29 is 9.59 Å². The highest BCUT2D eigenvalue weighted by atomic mass is 35.5. The summed E-state index contributed by atoms with van der Waals surface area (Å²) in [5, 5.41) is 8.91. The molecule has 5 nitrogen and oxygen atoms in total. The molecule has 1 aromatic rings. The maximum atomic E-state index is 11.9. The minimum absolute atomic E-state index is 0.0733. The molecule has 6 heteroatoms. The number of carbonyl (C=O) groups excluding carboxylic acids is 2. The number of halogens is 1. The Bertz CT molecular complexity index is 513. The van der Waals surface area contributed by atoms with Crippen molar-refractivity contribution in [3.63, 3.8) is 0 Å². The first-order valence-electron chi connectivity index (χ1n) is 8.06. The van der Waals surface area contributed by atoms with E-state index in [0.717, 1.165) is 24.8 Å². The van der Waals surface area contributed by atoms with Gasteiger partial charge in [0, 0.05) is 17.1 Å². The molecular weight excluding hydrogens is 314 g/mol. The fourth-order valence-electron chi connectivity index (χ4n) is 2.48. The van der Waals surface area contributed by atoms with Crippen LogP contribution >= 0.6 is 11.6 Å². The summed E-state index contributed by atoms with van der Waals surface area (Å²) in [4.78, 5) is 23.4. The monoisotopic (exact) mass is 339 g/mol. The SMILES string of the molecule is CCCNC(=O)NC(=O)CNC(CC)(CC)c1ccc(Cl)cc1. The van der Waals surface area contributed by atoms with E-state index in [1.165, 1.54) is 0 Å². The van der Waals surface area contributed by atoms with E-state index < -0.39 is 6.03 Å². The molecule has 0 saturated heterocycles. The van der Waals surface area contributed by atoms with E-state index >= 15 is 0 Å². The third-order valence-electron chi connectivity index (χ3n) is 3.98. The van der Waals surface area contributed by atoms with Crippen molar-refractivity contribution in [3.8, 4) is 0 Å². The van der Waals surface area contributed by atoms with Gasteiger partial charge in [0.1, 0.15) is 0 Å². The molecule has 1 aromatic carbocycles. The van der Waals surface area contributed by atoms with Crippen molar-refractivity contribution in [1.82, 2.24) is 16.0 Å². The predicted molar refractivity (Wildman–Crippen MR) is 93.5 cm³/mol. The minimum Gasteiger partial charge on any atom is -0.338 e. The minimum atomic E-state index is -0.455. The van der Waals surface area contributed by atoms with E-state index in [2.05, 4.69) is 29.8 Å². The molecular formula is C17H26ClN3O2. The van der Waals surface area contributed by atoms with Crippen LogP contribution < -0.4 is 16.0 Å². The van der Waals surface area contributed by atoms with Gasteiger partial charge in [0.15, 0.2) is 0 Å². The molecule has 0 unspecified atom stereocenters. The molecule has 3 amide bonds. The molecule has 0 aromatic heterocycles. The molecule has 0 bridgehead atoms. The van der Waals surface area contributed by atoms with Gasteiger partial charge >= 0.3 is 6.03 Å². The molecule has 1 rings (SSSR count). The molecule has 0 aliphatic rings. The average Bonchev–Trinajstić information content (AvgIpc) is 2.55. The normalized spacial score (nSPS) is 11.1. The summed E-state index contributed by atoms with van der Waals surface area (Å²) in [7, 11) is 0. The topological polar surface area (TPSA) is 70.2 Å². The maximum Gasteiger partial charge on any atom is 0.321 e. The van der Waals surface area contributed by atoms with E-state index in [0.29, 0.717) is 11.6 Å². The van der Waals surface area contributed by atoms with Crippen LogP contribution in [-0.4, -0.2) is 25.0 Å². The number of amides is 3. The number of urea groups is 1. The van der Waals surface area contributed by atoms with Gasteiger partial charge < -0.3 is 5.32 Å². The van der Waals surface area contributed by atoms with E-state index in [4.69, 9.17) is 11.6 Å². The Hall–Kier alpha value is -1.59. The second-order valence-electron chi connectivity index (χ2n) is 5.45. The van der Waals surface area contributed by atoms with Gasteiger partial charge in [-0.25, -0.2) is 4.79 Å². The highest BCUT2D eigenvalue weighted by Crippen LogP contribution is 2.29. The Kier molecular flexibility index (Phi) is 8.06. The van der Waals surface area contributed by atoms with Gasteiger partial charge in [-0.15, -0.1) is 0 Å². The number of carbonyl (C=O) groups is 2. The number of hydrogen-bond donors (Lipinski definition) is 3. The van der Waals surface area contributed by atoms with E-state index in [9.17, 15) is 9.59 Å². The highest BCUT2D eigenvalue weighted by Gasteiger charge is 2.28. The fourth-order valence-corrected chi connectivity index (χ4v) is 2.61. The first-order chi connectivity index (χ1) is 11.0. The first kappa shape index (κ1) is 19.5. The molecule has 0 atom stereocenters. The Labute approximate surface area is 143 Å². The lowest BCUT2D eigenvalue weighted by Gasteiger charge is -2.33. The van der Waals surface area contributed by atoms with Crippen molar-refractivity contribution in [2.24, 2.45) is 0 Å². The highest BCUT2D eigenvalue weighted by molar-refractivity contribution is 6.30. The molecule has 128 valence electrons. The molecule has 23 heavy (non-hydrogen) atoms. The van der Waals surface area contributed by atoms with E-state index in [1.54, 1.807) is 0 Å². The Balaban J connectivity index is 2.67. The summed E-state index contributed by atoms with van der Waals surface area (Å²) < 4.78 is 0. The lowest BCUT2D eigenvalue weighted by Crippen LogP contribution is -2.49. The summed E-state index contributed by atoms with van der Waals surface area (Å²) >= 11 is 5.95. The second kappa shape index (κ2) is 9.53. The fraction of sp³-hybridized carbons (Fsp3) is 0.529. The largest absolute Gasteiger partial charge is 0.338 e. The number of nitrogens with one attached hydrogen (secondary N) is 3. The van der Waals surface area contributed by atoms with Crippen LogP contribution in [0.2, 0.25) is 5.02 Å². The standard InChI is InChI=1S/C17H26ClN3O2/c1-4-11-19-16(23)21-15(22)12-20-17(5-2,6-3)13-7-9-14(18)10-8-13/h7-10,20H,4-6,11-12H2,1-3H3,(H2,19,21,22,23). The van der Waals surface area contributed by atoms with E-state index in [-0.39, 0.29) is 18.0 Å². The van der Waals surface area contributed by atoms with Crippen LogP contribution in [0.25, 0.3) is 0 Å². The van der Waals surface area contributed by atoms with Gasteiger partial charge in [-0.05, 0) is 37.0 Å². The summed E-state index contributed by atoms with van der Waals surface area (Å²) in [6, 6.07) is 7.17. The van der Waals surface area contributed by atoms with Crippen molar-refractivity contribution in [1.29, 1.82) is 0 Å². The van der Waals surface area contributed by atoms with Crippen LogP contribution in [0.15, 0.2) is 24.3 Å². The van der Waals surface area contributed by atoms with Gasteiger partial charge in [0.25, 0.3) is 0 Å². The van der Waals surface area contributed by atoms with Crippen LogP contribution in [0, 0.1) is 0 Å². The number of benzene rings is 1. The van der Waals surface area contributed by atoms with Crippen LogP contribution in [0.3, 0.4) is 0 Å². The maximum absolute atomic E-state index is 11.9. The molecule has 3 N–H and O–H groups in total. The van der Waals surface area contributed by atoms with Gasteiger partial charge in [0.05, 0.1) is 6.54 Å². The van der Waals surface area contributed by atoms with Gasteiger partial charge in [-0.2, -0.15) is 0 Å². The van der Waals surface area contributed by atoms with Gasteiger partial charge in [0.2, 0.25) is 5.91 Å². The van der Waals surface area contributed by atoms with Crippen LogP contribution in [0.4, 0.5) is 4.79 Å². The van der Waals surface area contributed by atoms with Crippen LogP contribution in [0.1, 0.15) is 45.6 Å². The van der Waals surface area contributed by atoms with Crippen LogP contribution in [-0.2, 0) is 10.3 Å². The van der Waals surface area contributed by atoms with Crippen LogP contribution in [0.5, 0.6) is 0 Å². The lowest BCUT2D eigenvalue weighted by molar-refractivity contribution is -0.119. The molecule has 0 heterocycles. The average molecular weight is 340 g/mol. The zero-order valence-electron chi connectivity index (χ0n) is 14.0. The quantitative estimate of drug-likeness (QED) is 0.681. The van der Waals surface area contributed by atoms with Crippen molar-refractivity contribution in [3.05, 3.63) is 34.9 Å². The predicted octanol–water partition coefficient (Wildman–Crippen LogP) is 3.18. The summed E-state index contributed by atoms with van der Waals surface area (Å²) in [6.07, 6.45) is 2.46. The smallest absolute Gasteiger partial charge is 0.321 e. The Morgan fingerprint density at radius 2 is 1.70 bits per heavy atom. The Morgan fingerprint density at radius 1 is 1.09 bits per heavy atom. The second-order valence-corrected chi connectivity index (χ2v) is 5.89. The number of hydrogen-bond acceptors (Lipinski definition) is 3. The zero-order chi connectivity index (χ0) is 17.3. The van der Waals surface area contributed by atoms with Crippen molar-refractivity contribution in [2.45, 2.75) is 45.6 Å². The molecule has 0 fully saturated rings. The first-order valence-corrected chi connectivity index (χ1v) is 8.44. The lowest BCUT2D eigenvalue weighted by atomic mass is 9.84. The third kappa shape index (κ3) is 5.84. The van der Waals surface area contributed by atoms with Gasteiger partial charge in [-0.3, -0.25) is 15.4 Å². The Morgan fingerprint density at radius 3 is 2.22 bits per heavy atom. The summed E-state index contributed by atoms with van der Waals surface area (Å²) in [5.41, 5.74) is 0.761. The van der Waals surface area contributed by atoms with Crippen molar-refractivity contribution >= 4 is 23.5 Å². The molecule has 0 saturated carbocycles. The van der Waals surface area contributed by atoms with E-state index in [1.807, 2.05) is 31.2 Å². The summed E-state index contributed by atoms with van der Waals surface area (Å²) in [6.45, 7) is 6.70. The number of imide groups is 1. The molecule has 0 radical (unpaired) electrons. The summed E-state index contributed by atoms with van der Waals surface area (Å²) in [5.74, 6) is -0.348.